The molecule has 0 saturated heterocycles. The van der Waals surface area contributed by atoms with Crippen LogP contribution in [0.4, 0.5) is 4.39 Å². The number of halogens is 1. The quantitative estimate of drug-likeness (QED) is 0.442. The average molecular weight is 429 g/mol. The molecule has 0 amide bonds. The fraction of sp³-hybridized carbons (Fsp3) is 0.154. The van der Waals surface area contributed by atoms with E-state index in [1.165, 1.54) is 6.07 Å². The van der Waals surface area contributed by atoms with Crippen molar-refractivity contribution < 1.29 is 18.7 Å². The molecule has 0 fully saturated rings. The minimum absolute atomic E-state index is 0.0794. The summed E-state index contributed by atoms with van der Waals surface area (Å²) in [5, 5.41) is 0.729. The molecule has 160 valence electrons. The van der Waals surface area contributed by atoms with E-state index in [0.717, 1.165) is 10.9 Å². The smallest absolute Gasteiger partial charge is 0.312 e. The summed E-state index contributed by atoms with van der Waals surface area (Å²) < 4.78 is 26.6. The van der Waals surface area contributed by atoms with Crippen LogP contribution >= 0.6 is 0 Å². The Morgan fingerprint density at radius 2 is 1.72 bits per heavy atom. The molecule has 3 aromatic carbocycles. The molecule has 1 aromatic heterocycles. The summed E-state index contributed by atoms with van der Waals surface area (Å²) in [5.41, 5.74) is 2.29. The second-order valence-corrected chi connectivity index (χ2v) is 7.80. The molecule has 5 rings (SSSR count). The van der Waals surface area contributed by atoms with Crippen LogP contribution in [-0.4, -0.2) is 10.5 Å². The van der Waals surface area contributed by atoms with Gasteiger partial charge in [0, 0.05) is 23.9 Å². The number of para-hydroxylation sites is 1. The number of ether oxygens (including phenoxy) is 2. The first-order chi connectivity index (χ1) is 15.5. The number of aryl methyl sites for hydroxylation is 1. The fourth-order valence-corrected chi connectivity index (χ4v) is 4.19. The maximum absolute atomic E-state index is 13.8. The highest BCUT2D eigenvalue weighted by Gasteiger charge is 2.33. The normalized spacial score (nSPS) is 15.3. The van der Waals surface area contributed by atoms with Crippen LogP contribution in [0.3, 0.4) is 0 Å². The van der Waals surface area contributed by atoms with Gasteiger partial charge < -0.3 is 14.0 Å². The van der Waals surface area contributed by atoms with E-state index in [-0.39, 0.29) is 30.4 Å². The number of hydrogen-bond acceptors (Lipinski definition) is 4. The molecule has 1 atom stereocenters. The molecule has 0 saturated carbocycles. The molecular weight excluding hydrogens is 409 g/mol. The van der Waals surface area contributed by atoms with Crippen LogP contribution in [0.25, 0.3) is 10.9 Å². The number of fused-ring (bicyclic) bond motifs is 3. The first kappa shape index (κ1) is 20.0. The molecule has 1 unspecified atom stereocenters. The van der Waals surface area contributed by atoms with E-state index in [1.54, 1.807) is 41.9 Å². The summed E-state index contributed by atoms with van der Waals surface area (Å²) in [5.74, 6) is -0.202. The highest BCUT2D eigenvalue weighted by Crippen LogP contribution is 2.40. The minimum Gasteiger partial charge on any atom is -0.489 e. The Morgan fingerprint density at radius 3 is 2.50 bits per heavy atom. The number of aromatic nitrogens is 1. The van der Waals surface area contributed by atoms with Gasteiger partial charge in [0.2, 0.25) is 0 Å². The molecule has 0 bridgehead atoms. The number of rotatable bonds is 4. The number of esters is 1. The highest BCUT2D eigenvalue weighted by atomic mass is 19.1. The highest BCUT2D eigenvalue weighted by molar-refractivity contribution is 5.91. The molecule has 6 heteroatoms. The molecule has 1 aliphatic heterocycles. The number of nitrogens with zero attached hydrogens (tertiary/aromatic N) is 1. The number of benzene rings is 3. The van der Waals surface area contributed by atoms with Gasteiger partial charge in [-0.05, 0) is 35.9 Å². The Kier molecular flexibility index (Phi) is 4.98. The summed E-state index contributed by atoms with van der Waals surface area (Å²) in [6.45, 7) is 0.108. The Hall–Kier alpha value is -3.93. The maximum Gasteiger partial charge on any atom is 0.312 e. The lowest BCUT2D eigenvalue weighted by Gasteiger charge is -2.26. The number of carbonyl (C=O) groups is 1. The van der Waals surface area contributed by atoms with Crippen molar-refractivity contribution in [2.75, 3.05) is 0 Å². The number of hydrogen-bond donors (Lipinski definition) is 0. The lowest BCUT2D eigenvalue weighted by Crippen LogP contribution is -2.31. The summed E-state index contributed by atoms with van der Waals surface area (Å²) >= 11 is 0. The predicted octanol–water partition coefficient (Wildman–Crippen LogP) is 4.70. The van der Waals surface area contributed by atoms with E-state index >= 15 is 0 Å². The largest absolute Gasteiger partial charge is 0.489 e. The topological polar surface area (TPSA) is 57.5 Å². The predicted molar refractivity (Wildman–Crippen MR) is 118 cm³/mol. The van der Waals surface area contributed by atoms with E-state index in [0.29, 0.717) is 28.1 Å². The van der Waals surface area contributed by atoms with Gasteiger partial charge in [-0.15, -0.1) is 0 Å². The molecule has 2 heterocycles. The lowest BCUT2D eigenvalue weighted by atomic mass is 9.86. The van der Waals surface area contributed by atoms with Gasteiger partial charge in [-0.1, -0.05) is 42.5 Å². The minimum atomic E-state index is -0.421. The Morgan fingerprint density at radius 1 is 1.00 bits per heavy atom. The lowest BCUT2D eigenvalue weighted by molar-refractivity contribution is -0.135. The van der Waals surface area contributed by atoms with Gasteiger partial charge in [-0.25, -0.2) is 4.39 Å². The second kappa shape index (κ2) is 7.96. The zero-order chi connectivity index (χ0) is 22.2. The molecule has 4 aromatic rings. The van der Waals surface area contributed by atoms with Gasteiger partial charge in [-0.3, -0.25) is 9.59 Å². The van der Waals surface area contributed by atoms with Gasteiger partial charge in [-0.2, -0.15) is 0 Å². The first-order valence-electron chi connectivity index (χ1n) is 10.3. The number of pyridine rings is 1. The van der Waals surface area contributed by atoms with Crippen molar-refractivity contribution in [1.82, 2.24) is 4.57 Å². The molecule has 32 heavy (non-hydrogen) atoms. The van der Waals surface area contributed by atoms with Crippen molar-refractivity contribution in [1.29, 1.82) is 0 Å². The van der Waals surface area contributed by atoms with Crippen molar-refractivity contribution in [2.24, 2.45) is 7.05 Å². The maximum atomic E-state index is 13.8. The van der Waals surface area contributed by atoms with Crippen LogP contribution in [0, 0.1) is 5.82 Å². The van der Waals surface area contributed by atoms with Crippen LogP contribution in [0.1, 0.15) is 29.0 Å². The zero-order valence-corrected chi connectivity index (χ0v) is 17.4. The molecule has 0 spiro atoms. The molecule has 5 nitrogen and oxygen atoms in total. The molecule has 0 N–H and O–H groups in total. The van der Waals surface area contributed by atoms with Gasteiger partial charge in [0.1, 0.15) is 23.9 Å². The van der Waals surface area contributed by atoms with Crippen molar-refractivity contribution >= 4 is 16.9 Å². The third-order valence-electron chi connectivity index (χ3n) is 5.86. The molecule has 1 aliphatic rings. The van der Waals surface area contributed by atoms with E-state index in [9.17, 15) is 14.0 Å². The van der Waals surface area contributed by atoms with Crippen molar-refractivity contribution in [3.05, 3.63) is 106 Å². The summed E-state index contributed by atoms with van der Waals surface area (Å²) in [6.07, 6.45) is 0.0794. The monoisotopic (exact) mass is 429 g/mol. The van der Waals surface area contributed by atoms with E-state index in [2.05, 4.69) is 0 Å². The van der Waals surface area contributed by atoms with E-state index in [1.807, 2.05) is 36.4 Å². The third-order valence-corrected chi connectivity index (χ3v) is 5.86. The SMILES string of the molecule is Cn1c(=O)c2c(c3ccccc31)OC(=O)CC2c1ccc(OCc2ccccc2F)cc1. The van der Waals surface area contributed by atoms with Crippen LogP contribution in [0.15, 0.2) is 77.6 Å². The van der Waals surface area contributed by atoms with Crippen LogP contribution in [-0.2, 0) is 18.4 Å². The first-order valence-corrected chi connectivity index (χ1v) is 10.3. The van der Waals surface area contributed by atoms with E-state index in [4.69, 9.17) is 9.47 Å². The average Bonchev–Trinajstić information content (AvgIpc) is 2.82. The zero-order valence-electron chi connectivity index (χ0n) is 17.4. The van der Waals surface area contributed by atoms with Crippen LogP contribution in [0.2, 0.25) is 0 Å². The van der Waals surface area contributed by atoms with Gasteiger partial charge >= 0.3 is 5.97 Å². The summed E-state index contributed by atoms with van der Waals surface area (Å²) in [4.78, 5) is 25.6. The van der Waals surface area contributed by atoms with Gasteiger partial charge in [0.25, 0.3) is 5.56 Å². The van der Waals surface area contributed by atoms with Crippen molar-refractivity contribution in [3.63, 3.8) is 0 Å². The van der Waals surface area contributed by atoms with Crippen LogP contribution in [0.5, 0.6) is 11.5 Å². The molecule has 0 aliphatic carbocycles. The molecule has 0 radical (unpaired) electrons. The standard InChI is InChI=1S/C26H20FNO4/c1-28-22-9-5-3-7-19(22)25-24(26(28)30)20(14-23(29)32-25)16-10-12-18(13-11-16)31-15-17-6-2-4-8-21(17)27/h2-13,20H,14-15H2,1H3. The summed E-state index contributed by atoms with van der Waals surface area (Å²) in [7, 11) is 1.72. The summed E-state index contributed by atoms with van der Waals surface area (Å²) in [6, 6.07) is 21.0. The van der Waals surface area contributed by atoms with Gasteiger partial charge in [0.15, 0.2) is 0 Å². The Balaban J connectivity index is 1.49. The van der Waals surface area contributed by atoms with E-state index < -0.39 is 5.92 Å². The second-order valence-electron chi connectivity index (χ2n) is 7.80. The number of carbonyl (C=O) groups excluding carboxylic acids is 1. The Labute approximate surface area is 183 Å². The third kappa shape index (κ3) is 3.43. The van der Waals surface area contributed by atoms with Gasteiger partial charge in [0.05, 0.1) is 17.5 Å². The van der Waals surface area contributed by atoms with Crippen molar-refractivity contribution in [3.8, 4) is 11.5 Å². The fourth-order valence-electron chi connectivity index (χ4n) is 4.19. The van der Waals surface area contributed by atoms with Crippen LogP contribution < -0.4 is 15.0 Å². The molecular formula is C26H20FNO4. The Bertz CT molecular complexity index is 1390. The van der Waals surface area contributed by atoms with Crippen molar-refractivity contribution in [2.45, 2.75) is 18.9 Å².